The van der Waals surface area contributed by atoms with Gasteiger partial charge in [-0.05, 0) is 24.3 Å². The first-order valence-electron chi connectivity index (χ1n) is 7.59. The Morgan fingerprint density at radius 1 is 1.16 bits per heavy atom. The van der Waals surface area contributed by atoms with E-state index >= 15 is 0 Å². The Morgan fingerprint density at radius 3 is 2.64 bits per heavy atom. The lowest BCUT2D eigenvalue weighted by Crippen LogP contribution is -2.14. The van der Waals surface area contributed by atoms with E-state index in [4.69, 9.17) is 9.47 Å². The lowest BCUT2D eigenvalue weighted by atomic mass is 10.1. The third-order valence-electron chi connectivity index (χ3n) is 3.92. The molecule has 0 N–H and O–H groups in total. The Balaban J connectivity index is 1.73. The van der Waals surface area contributed by atoms with Crippen LogP contribution in [-0.2, 0) is 11.8 Å². The van der Waals surface area contributed by atoms with Crippen molar-refractivity contribution in [3.63, 3.8) is 0 Å². The Bertz CT molecular complexity index is 961. The zero-order valence-electron chi connectivity index (χ0n) is 13.8. The molecular formula is C19H16FNO4. The Hall–Kier alpha value is -3.15. The number of ether oxygens (including phenoxy) is 2. The topological polar surface area (TPSA) is 57.5 Å². The average molecular weight is 341 g/mol. The van der Waals surface area contributed by atoms with Crippen LogP contribution in [0.25, 0.3) is 10.9 Å². The smallest absolute Gasteiger partial charge is 0.340 e. The summed E-state index contributed by atoms with van der Waals surface area (Å²) in [6.07, 6.45) is 1.66. The van der Waals surface area contributed by atoms with Crippen LogP contribution in [0.5, 0.6) is 5.75 Å². The third-order valence-corrected chi connectivity index (χ3v) is 3.92. The van der Waals surface area contributed by atoms with Gasteiger partial charge in [-0.15, -0.1) is 0 Å². The van der Waals surface area contributed by atoms with E-state index < -0.39 is 24.2 Å². The number of aryl methyl sites for hydroxylation is 1. The average Bonchev–Trinajstić information content (AvgIpc) is 2.96. The molecule has 0 saturated heterocycles. The van der Waals surface area contributed by atoms with Gasteiger partial charge in [-0.1, -0.05) is 18.2 Å². The summed E-state index contributed by atoms with van der Waals surface area (Å²) in [5.74, 6) is -1.69. The summed E-state index contributed by atoms with van der Waals surface area (Å²) in [5.41, 5.74) is 1.38. The molecule has 0 aliphatic carbocycles. The van der Waals surface area contributed by atoms with Crippen LogP contribution >= 0.6 is 0 Å². The second-order valence-corrected chi connectivity index (χ2v) is 5.52. The Kier molecular flexibility index (Phi) is 4.52. The normalized spacial score (nSPS) is 10.7. The van der Waals surface area contributed by atoms with Crippen molar-refractivity contribution in [3.8, 4) is 5.75 Å². The highest BCUT2D eigenvalue weighted by Crippen LogP contribution is 2.21. The van der Waals surface area contributed by atoms with E-state index in [1.165, 1.54) is 19.2 Å². The van der Waals surface area contributed by atoms with Crippen LogP contribution in [0.1, 0.15) is 20.7 Å². The number of halogens is 1. The van der Waals surface area contributed by atoms with Crippen molar-refractivity contribution in [1.29, 1.82) is 0 Å². The molecule has 0 fully saturated rings. The number of benzene rings is 2. The quantitative estimate of drug-likeness (QED) is 0.527. The molecule has 0 atom stereocenters. The maximum Gasteiger partial charge on any atom is 0.340 e. The molecule has 6 heteroatoms. The molecule has 3 rings (SSSR count). The summed E-state index contributed by atoms with van der Waals surface area (Å²) in [5, 5.41) is 0.748. The number of rotatable bonds is 5. The van der Waals surface area contributed by atoms with E-state index in [0.717, 1.165) is 17.0 Å². The molecule has 0 aliphatic heterocycles. The van der Waals surface area contributed by atoms with Gasteiger partial charge in [0, 0.05) is 29.7 Å². The van der Waals surface area contributed by atoms with Gasteiger partial charge in [0.1, 0.15) is 0 Å². The first-order valence-corrected chi connectivity index (χ1v) is 7.59. The van der Waals surface area contributed by atoms with Crippen molar-refractivity contribution < 1.29 is 23.5 Å². The van der Waals surface area contributed by atoms with Gasteiger partial charge in [-0.25, -0.2) is 9.18 Å². The Morgan fingerprint density at radius 2 is 1.92 bits per heavy atom. The number of ketones is 1. The van der Waals surface area contributed by atoms with E-state index in [1.807, 2.05) is 35.9 Å². The fraction of sp³-hybridized carbons (Fsp3) is 0.158. The molecule has 0 unspecified atom stereocenters. The number of esters is 1. The maximum absolute atomic E-state index is 13.7. The number of methoxy groups -OCH3 is 1. The van der Waals surface area contributed by atoms with Crippen LogP contribution < -0.4 is 4.74 Å². The molecular weight excluding hydrogens is 325 g/mol. The van der Waals surface area contributed by atoms with Crippen molar-refractivity contribution in [2.75, 3.05) is 13.7 Å². The molecule has 3 aromatic rings. The largest absolute Gasteiger partial charge is 0.494 e. The fourth-order valence-electron chi connectivity index (χ4n) is 2.64. The van der Waals surface area contributed by atoms with E-state index in [-0.39, 0.29) is 11.3 Å². The molecule has 128 valence electrons. The molecule has 0 saturated carbocycles. The highest BCUT2D eigenvalue weighted by Gasteiger charge is 2.17. The minimum Gasteiger partial charge on any atom is -0.494 e. The summed E-state index contributed by atoms with van der Waals surface area (Å²) in [7, 11) is 3.16. The number of nitrogens with zero attached hydrogens (tertiary/aromatic N) is 1. The van der Waals surface area contributed by atoms with Gasteiger partial charge < -0.3 is 14.0 Å². The monoisotopic (exact) mass is 341 g/mol. The molecule has 2 aromatic carbocycles. The zero-order chi connectivity index (χ0) is 18.0. The molecule has 0 spiro atoms. The Labute approximate surface area is 143 Å². The fourth-order valence-corrected chi connectivity index (χ4v) is 2.64. The summed E-state index contributed by atoms with van der Waals surface area (Å²) in [6, 6.07) is 11.2. The van der Waals surface area contributed by atoms with Gasteiger partial charge in [-0.2, -0.15) is 0 Å². The number of Topliss-reactive ketones (excluding diaryl/α,β-unsaturated/α-hetero) is 1. The standard InChI is InChI=1S/C19H16FNO4/c1-21-10-14(13-5-3-4-6-16(13)21)19(23)25-11-17(22)12-7-8-18(24-2)15(20)9-12/h3-10H,11H2,1-2H3. The zero-order valence-corrected chi connectivity index (χ0v) is 13.8. The number of hydrogen-bond acceptors (Lipinski definition) is 4. The number of fused-ring (bicyclic) bond motifs is 1. The number of aromatic nitrogens is 1. The first kappa shape index (κ1) is 16.7. The molecule has 5 nitrogen and oxygen atoms in total. The van der Waals surface area contributed by atoms with E-state index in [9.17, 15) is 14.0 Å². The van der Waals surface area contributed by atoms with E-state index in [0.29, 0.717) is 5.56 Å². The third kappa shape index (κ3) is 3.24. The summed E-state index contributed by atoms with van der Waals surface area (Å²) in [4.78, 5) is 24.4. The summed E-state index contributed by atoms with van der Waals surface area (Å²) >= 11 is 0. The second kappa shape index (κ2) is 6.76. The highest BCUT2D eigenvalue weighted by atomic mass is 19.1. The van der Waals surface area contributed by atoms with Gasteiger partial charge in [0.15, 0.2) is 24.0 Å². The first-order chi connectivity index (χ1) is 12.0. The highest BCUT2D eigenvalue weighted by molar-refractivity contribution is 6.05. The number of carbonyl (C=O) groups is 2. The van der Waals surface area contributed by atoms with Gasteiger partial charge in [0.25, 0.3) is 0 Å². The molecule has 1 heterocycles. The van der Waals surface area contributed by atoms with Crippen LogP contribution in [0.15, 0.2) is 48.7 Å². The van der Waals surface area contributed by atoms with Crippen molar-refractivity contribution in [1.82, 2.24) is 4.57 Å². The number of hydrogen-bond donors (Lipinski definition) is 0. The van der Waals surface area contributed by atoms with Crippen molar-refractivity contribution in [2.24, 2.45) is 7.05 Å². The molecule has 25 heavy (non-hydrogen) atoms. The van der Waals surface area contributed by atoms with Crippen molar-refractivity contribution >= 4 is 22.7 Å². The summed E-state index contributed by atoms with van der Waals surface area (Å²) < 4.78 is 25.4. The minimum absolute atomic E-state index is 0.0456. The molecule has 0 bridgehead atoms. The predicted octanol–water partition coefficient (Wildman–Crippen LogP) is 3.37. The minimum atomic E-state index is -0.645. The molecule has 0 radical (unpaired) electrons. The SMILES string of the molecule is COc1ccc(C(=O)COC(=O)c2cn(C)c3ccccc23)cc1F. The maximum atomic E-state index is 13.7. The lowest BCUT2D eigenvalue weighted by molar-refractivity contribution is 0.0476. The van der Waals surface area contributed by atoms with E-state index in [2.05, 4.69) is 0 Å². The summed E-state index contributed by atoms with van der Waals surface area (Å²) in [6.45, 7) is -0.464. The van der Waals surface area contributed by atoms with Crippen LogP contribution in [-0.4, -0.2) is 30.0 Å². The second-order valence-electron chi connectivity index (χ2n) is 5.52. The predicted molar refractivity (Wildman–Crippen MR) is 90.5 cm³/mol. The molecule has 1 aromatic heterocycles. The molecule has 0 amide bonds. The van der Waals surface area contributed by atoms with Crippen LogP contribution in [0.3, 0.4) is 0 Å². The van der Waals surface area contributed by atoms with Gasteiger partial charge in [-0.3, -0.25) is 4.79 Å². The van der Waals surface area contributed by atoms with Crippen LogP contribution in [0, 0.1) is 5.82 Å². The van der Waals surface area contributed by atoms with Crippen molar-refractivity contribution in [2.45, 2.75) is 0 Å². The molecule has 0 aliphatic rings. The van der Waals surface area contributed by atoms with Gasteiger partial charge in [0.2, 0.25) is 0 Å². The van der Waals surface area contributed by atoms with Gasteiger partial charge in [0.05, 0.1) is 12.7 Å². The van der Waals surface area contributed by atoms with E-state index in [1.54, 1.807) is 6.20 Å². The number of carbonyl (C=O) groups excluding carboxylic acids is 2. The number of para-hydroxylation sites is 1. The van der Waals surface area contributed by atoms with Crippen LogP contribution in [0.4, 0.5) is 4.39 Å². The van der Waals surface area contributed by atoms with Gasteiger partial charge >= 0.3 is 5.97 Å². The van der Waals surface area contributed by atoms with Crippen LogP contribution in [0.2, 0.25) is 0 Å². The van der Waals surface area contributed by atoms with Crippen molar-refractivity contribution in [3.05, 3.63) is 65.6 Å². The lowest BCUT2D eigenvalue weighted by Gasteiger charge is -2.06.